The summed E-state index contributed by atoms with van der Waals surface area (Å²) in [7, 11) is 0. The van der Waals surface area contributed by atoms with Gasteiger partial charge in [0.25, 0.3) is 11.5 Å². The molecule has 1 saturated heterocycles. The molecule has 1 aromatic carbocycles. The Hall–Kier alpha value is -3.68. The van der Waals surface area contributed by atoms with E-state index in [0.717, 1.165) is 23.7 Å². The van der Waals surface area contributed by atoms with Crippen LogP contribution >= 0.6 is 0 Å². The lowest BCUT2D eigenvalue weighted by atomic mass is 9.96. The number of carbonyl (C=O) groups excluding carboxylic acids is 1. The molecule has 30 heavy (non-hydrogen) atoms. The summed E-state index contributed by atoms with van der Waals surface area (Å²) in [5, 5.41) is 9.67. The Balaban J connectivity index is 1.24. The molecule has 152 valence electrons. The first-order valence-electron chi connectivity index (χ1n) is 10.1. The summed E-state index contributed by atoms with van der Waals surface area (Å²) in [6, 6.07) is 12.7. The van der Waals surface area contributed by atoms with Crippen molar-refractivity contribution in [3.63, 3.8) is 0 Å². The molecule has 1 fully saturated rings. The standard InChI is InChI=1S/C22H22N6O2/c29-21-5-4-20(27-11-1-9-24-27)25-28(21)15-16-7-12-26(13-8-16)22(30)18-2-3-19-17(14-18)6-10-23-19/h1-6,9-11,14,16,23H,7-8,12-13,15H2. The van der Waals surface area contributed by atoms with E-state index < -0.39 is 0 Å². The van der Waals surface area contributed by atoms with Crippen molar-refractivity contribution in [3.05, 3.63) is 77.0 Å². The lowest BCUT2D eigenvalue weighted by molar-refractivity contribution is 0.0680. The molecule has 8 heteroatoms. The molecule has 1 aliphatic heterocycles. The number of aromatic nitrogens is 5. The largest absolute Gasteiger partial charge is 0.361 e. The van der Waals surface area contributed by atoms with Gasteiger partial charge in [-0.2, -0.15) is 5.10 Å². The summed E-state index contributed by atoms with van der Waals surface area (Å²) >= 11 is 0. The van der Waals surface area contributed by atoms with Crippen LogP contribution in [0.15, 0.2) is 65.8 Å². The normalized spacial score (nSPS) is 15.0. The number of aromatic amines is 1. The summed E-state index contributed by atoms with van der Waals surface area (Å²) in [6.45, 7) is 1.91. The van der Waals surface area contributed by atoms with Gasteiger partial charge in [-0.15, -0.1) is 5.10 Å². The summed E-state index contributed by atoms with van der Waals surface area (Å²) in [5.74, 6) is 0.985. The summed E-state index contributed by atoms with van der Waals surface area (Å²) in [6.07, 6.45) is 7.04. The van der Waals surface area contributed by atoms with Gasteiger partial charge in [0.15, 0.2) is 5.82 Å². The summed E-state index contributed by atoms with van der Waals surface area (Å²) in [4.78, 5) is 30.2. The maximum absolute atomic E-state index is 12.9. The zero-order chi connectivity index (χ0) is 20.5. The van der Waals surface area contributed by atoms with Gasteiger partial charge in [-0.3, -0.25) is 9.59 Å². The van der Waals surface area contributed by atoms with E-state index >= 15 is 0 Å². The Morgan fingerprint density at radius 2 is 2.00 bits per heavy atom. The molecule has 0 spiro atoms. The van der Waals surface area contributed by atoms with Crippen LogP contribution in [0.2, 0.25) is 0 Å². The third-order valence-corrected chi connectivity index (χ3v) is 5.72. The molecule has 5 rings (SSSR count). The van der Waals surface area contributed by atoms with Crippen molar-refractivity contribution in [1.82, 2.24) is 29.4 Å². The first-order valence-corrected chi connectivity index (χ1v) is 10.1. The van der Waals surface area contributed by atoms with Crippen molar-refractivity contribution in [3.8, 4) is 5.82 Å². The van der Waals surface area contributed by atoms with Crippen LogP contribution in [0.25, 0.3) is 16.7 Å². The fourth-order valence-corrected chi connectivity index (χ4v) is 4.03. The number of nitrogens with one attached hydrogen (secondary N) is 1. The predicted octanol–water partition coefficient (Wildman–Crippen LogP) is 2.46. The average Bonchev–Trinajstić information content (AvgIpc) is 3.47. The highest BCUT2D eigenvalue weighted by Gasteiger charge is 2.24. The molecule has 0 saturated carbocycles. The van der Waals surface area contributed by atoms with Gasteiger partial charge < -0.3 is 9.88 Å². The number of rotatable bonds is 4. The Morgan fingerprint density at radius 3 is 2.80 bits per heavy atom. The quantitative estimate of drug-likeness (QED) is 0.568. The molecule has 4 aromatic rings. The molecule has 0 unspecified atom stereocenters. The molecular weight excluding hydrogens is 380 g/mol. The van der Waals surface area contributed by atoms with Gasteiger partial charge in [0.05, 0.1) is 0 Å². The van der Waals surface area contributed by atoms with Crippen LogP contribution in [0.1, 0.15) is 23.2 Å². The molecule has 1 amide bonds. The second-order valence-electron chi connectivity index (χ2n) is 7.68. The highest BCUT2D eigenvalue weighted by molar-refractivity contribution is 5.98. The minimum atomic E-state index is -0.121. The van der Waals surface area contributed by atoms with Crippen LogP contribution in [0.4, 0.5) is 0 Å². The zero-order valence-corrected chi connectivity index (χ0v) is 16.4. The Morgan fingerprint density at radius 1 is 1.13 bits per heavy atom. The molecular formula is C22H22N6O2. The van der Waals surface area contributed by atoms with E-state index in [4.69, 9.17) is 0 Å². The van der Waals surface area contributed by atoms with Gasteiger partial charge >= 0.3 is 0 Å². The van der Waals surface area contributed by atoms with Crippen molar-refractivity contribution >= 4 is 16.8 Å². The number of likely N-dealkylation sites (tertiary alicyclic amines) is 1. The topological polar surface area (TPSA) is 88.8 Å². The maximum atomic E-state index is 12.9. The van der Waals surface area contributed by atoms with E-state index in [9.17, 15) is 9.59 Å². The minimum absolute atomic E-state index is 0.0625. The van der Waals surface area contributed by atoms with Gasteiger partial charge in [-0.25, -0.2) is 9.36 Å². The van der Waals surface area contributed by atoms with Crippen molar-refractivity contribution in [2.75, 3.05) is 13.1 Å². The Kier molecular flexibility index (Phi) is 4.66. The molecule has 0 radical (unpaired) electrons. The summed E-state index contributed by atoms with van der Waals surface area (Å²) < 4.78 is 3.15. The molecule has 0 bridgehead atoms. The van der Waals surface area contributed by atoms with Crippen LogP contribution in [-0.2, 0) is 6.54 Å². The first-order chi connectivity index (χ1) is 14.7. The van der Waals surface area contributed by atoms with Crippen molar-refractivity contribution in [2.45, 2.75) is 19.4 Å². The second-order valence-corrected chi connectivity index (χ2v) is 7.68. The zero-order valence-electron chi connectivity index (χ0n) is 16.4. The number of benzene rings is 1. The molecule has 0 aliphatic carbocycles. The van der Waals surface area contributed by atoms with Crippen molar-refractivity contribution in [1.29, 1.82) is 0 Å². The van der Waals surface area contributed by atoms with E-state index in [0.29, 0.717) is 36.9 Å². The number of amides is 1. The number of fused-ring (bicyclic) bond motifs is 1. The van der Waals surface area contributed by atoms with Crippen LogP contribution in [0.3, 0.4) is 0 Å². The van der Waals surface area contributed by atoms with Crippen LogP contribution in [-0.4, -0.2) is 48.4 Å². The molecule has 0 atom stereocenters. The third kappa shape index (κ3) is 3.52. The first kappa shape index (κ1) is 18.4. The Bertz CT molecular complexity index is 1230. The highest BCUT2D eigenvalue weighted by atomic mass is 16.2. The van der Waals surface area contributed by atoms with Gasteiger partial charge in [-0.1, -0.05) is 0 Å². The van der Waals surface area contributed by atoms with E-state index in [1.165, 1.54) is 10.7 Å². The van der Waals surface area contributed by atoms with Gasteiger partial charge in [0.1, 0.15) is 0 Å². The van der Waals surface area contributed by atoms with Crippen LogP contribution < -0.4 is 5.56 Å². The van der Waals surface area contributed by atoms with Crippen molar-refractivity contribution in [2.24, 2.45) is 5.92 Å². The highest BCUT2D eigenvalue weighted by Crippen LogP contribution is 2.22. The monoisotopic (exact) mass is 402 g/mol. The number of nitrogens with zero attached hydrogens (tertiary/aromatic N) is 5. The van der Waals surface area contributed by atoms with Crippen molar-refractivity contribution < 1.29 is 4.79 Å². The molecule has 3 aromatic heterocycles. The third-order valence-electron chi connectivity index (χ3n) is 5.72. The fourth-order valence-electron chi connectivity index (χ4n) is 4.03. The smallest absolute Gasteiger partial charge is 0.266 e. The Labute approximate surface area is 172 Å². The summed E-state index contributed by atoms with van der Waals surface area (Å²) in [5.41, 5.74) is 1.62. The molecule has 8 nitrogen and oxygen atoms in total. The van der Waals surface area contributed by atoms with E-state index in [2.05, 4.69) is 15.2 Å². The van der Waals surface area contributed by atoms with Crippen LogP contribution in [0.5, 0.6) is 0 Å². The van der Waals surface area contributed by atoms with Gasteiger partial charge in [0.2, 0.25) is 0 Å². The molecule has 4 heterocycles. The van der Waals surface area contributed by atoms with Gasteiger partial charge in [-0.05, 0) is 55.2 Å². The van der Waals surface area contributed by atoms with E-state index in [-0.39, 0.29) is 11.5 Å². The second kappa shape index (κ2) is 7.62. The predicted molar refractivity (Wildman–Crippen MR) is 113 cm³/mol. The van der Waals surface area contributed by atoms with Crippen LogP contribution in [0, 0.1) is 5.92 Å². The lowest BCUT2D eigenvalue weighted by Gasteiger charge is -2.32. The number of piperidine rings is 1. The SMILES string of the molecule is O=C(c1ccc2[nH]ccc2c1)N1CCC(Cn2nc(-n3cccn3)ccc2=O)CC1. The maximum Gasteiger partial charge on any atom is 0.266 e. The molecule has 1 N–H and O–H groups in total. The number of hydrogen-bond donors (Lipinski definition) is 1. The number of H-pyrrole nitrogens is 1. The number of carbonyl (C=O) groups is 1. The fraction of sp³-hybridized carbons (Fsp3) is 0.273. The van der Waals surface area contributed by atoms with Gasteiger partial charge in [0, 0.05) is 60.8 Å². The minimum Gasteiger partial charge on any atom is -0.361 e. The lowest BCUT2D eigenvalue weighted by Crippen LogP contribution is -2.40. The van der Waals surface area contributed by atoms with E-state index in [1.807, 2.05) is 41.4 Å². The van der Waals surface area contributed by atoms with E-state index in [1.54, 1.807) is 23.1 Å². The average molecular weight is 402 g/mol. The number of hydrogen-bond acceptors (Lipinski definition) is 4. The molecule has 1 aliphatic rings.